The normalized spacial score (nSPS) is 13.1. The van der Waals surface area contributed by atoms with E-state index in [1.165, 1.54) is 0 Å². The van der Waals surface area contributed by atoms with E-state index in [0.29, 0.717) is 0 Å². The van der Waals surface area contributed by atoms with E-state index in [2.05, 4.69) is 4.74 Å². The molecule has 0 aliphatic rings. The van der Waals surface area contributed by atoms with Crippen molar-refractivity contribution in [1.82, 2.24) is 0 Å². The minimum atomic E-state index is -4.92. The summed E-state index contributed by atoms with van der Waals surface area (Å²) < 4.78 is 36.0. The third-order valence-corrected chi connectivity index (χ3v) is 2.83. The molecule has 0 spiro atoms. The summed E-state index contributed by atoms with van der Waals surface area (Å²) in [6.45, 7) is 5.04. The molecule has 0 atom stereocenters. The summed E-state index contributed by atoms with van der Waals surface area (Å²) in [7, 11) is -4.92. The number of carbonyl (C=O) groups is 1. The molecule has 0 bridgehead atoms. The second kappa shape index (κ2) is 3.61. The fourth-order valence-electron chi connectivity index (χ4n) is 0.456. The number of hydrogen-bond acceptors (Lipinski definition) is 4. The SMILES string of the molecule is CC(C)OC(=O)C(C)(C)S(=O)(=O)F. The summed E-state index contributed by atoms with van der Waals surface area (Å²) in [5, 5.41) is 0. The van der Waals surface area contributed by atoms with Gasteiger partial charge in [-0.15, -0.1) is 3.89 Å². The van der Waals surface area contributed by atoms with Gasteiger partial charge in [-0.05, 0) is 27.7 Å². The smallest absolute Gasteiger partial charge is 0.329 e. The van der Waals surface area contributed by atoms with E-state index in [1.807, 2.05) is 0 Å². The van der Waals surface area contributed by atoms with Crippen LogP contribution in [-0.2, 0) is 19.8 Å². The topological polar surface area (TPSA) is 60.4 Å². The number of ether oxygens (including phenoxy) is 1. The van der Waals surface area contributed by atoms with Gasteiger partial charge >= 0.3 is 16.2 Å². The number of carbonyl (C=O) groups excluding carboxylic acids is 1. The molecule has 0 fully saturated rings. The van der Waals surface area contributed by atoms with Crippen LogP contribution in [0.15, 0.2) is 0 Å². The predicted molar refractivity (Wildman–Crippen MR) is 45.3 cm³/mol. The van der Waals surface area contributed by atoms with Crippen LogP contribution in [0.3, 0.4) is 0 Å². The van der Waals surface area contributed by atoms with Crippen LogP contribution in [0.4, 0.5) is 3.89 Å². The molecule has 0 radical (unpaired) electrons. The molecule has 0 aromatic rings. The zero-order valence-corrected chi connectivity index (χ0v) is 8.81. The van der Waals surface area contributed by atoms with Gasteiger partial charge in [-0.1, -0.05) is 0 Å². The van der Waals surface area contributed by atoms with Crippen molar-refractivity contribution >= 4 is 16.2 Å². The maximum absolute atomic E-state index is 12.5. The van der Waals surface area contributed by atoms with Gasteiger partial charge in [0.1, 0.15) is 0 Å². The molecule has 0 unspecified atom stereocenters. The van der Waals surface area contributed by atoms with Crippen LogP contribution in [0.25, 0.3) is 0 Å². The van der Waals surface area contributed by atoms with E-state index in [9.17, 15) is 17.1 Å². The maximum Gasteiger partial charge on any atom is 0.329 e. The van der Waals surface area contributed by atoms with E-state index < -0.39 is 27.0 Å². The Morgan fingerprint density at radius 2 is 1.77 bits per heavy atom. The average Bonchev–Trinajstić information content (AvgIpc) is 1.82. The van der Waals surface area contributed by atoms with Crippen LogP contribution in [0.1, 0.15) is 27.7 Å². The van der Waals surface area contributed by atoms with Gasteiger partial charge in [0.05, 0.1) is 6.10 Å². The summed E-state index contributed by atoms with van der Waals surface area (Å²) >= 11 is 0. The summed E-state index contributed by atoms with van der Waals surface area (Å²) in [5.41, 5.74) is 0. The predicted octanol–water partition coefficient (Wildman–Crippen LogP) is 1.02. The first kappa shape index (κ1) is 12.3. The molecule has 0 amide bonds. The molecule has 0 aliphatic heterocycles. The fourth-order valence-corrected chi connectivity index (χ4v) is 0.703. The van der Waals surface area contributed by atoms with Crippen molar-refractivity contribution in [2.24, 2.45) is 0 Å². The molecule has 0 rings (SSSR count). The van der Waals surface area contributed by atoms with Gasteiger partial charge < -0.3 is 4.74 Å². The summed E-state index contributed by atoms with van der Waals surface area (Å²) in [6.07, 6.45) is -0.464. The van der Waals surface area contributed by atoms with Crippen molar-refractivity contribution in [3.05, 3.63) is 0 Å². The second-order valence-electron chi connectivity index (χ2n) is 3.40. The third-order valence-electron chi connectivity index (χ3n) is 1.44. The van der Waals surface area contributed by atoms with Crippen LogP contribution >= 0.6 is 0 Å². The van der Waals surface area contributed by atoms with E-state index in [1.54, 1.807) is 13.8 Å². The first-order valence-electron chi connectivity index (χ1n) is 3.74. The number of hydrogen-bond donors (Lipinski definition) is 0. The largest absolute Gasteiger partial charge is 0.462 e. The lowest BCUT2D eigenvalue weighted by atomic mass is 10.2. The van der Waals surface area contributed by atoms with Gasteiger partial charge in [0.15, 0.2) is 4.75 Å². The van der Waals surface area contributed by atoms with E-state index in [-0.39, 0.29) is 0 Å². The number of halogens is 1. The lowest BCUT2D eigenvalue weighted by molar-refractivity contribution is -0.149. The van der Waals surface area contributed by atoms with Crippen molar-refractivity contribution in [1.29, 1.82) is 0 Å². The quantitative estimate of drug-likeness (QED) is 0.517. The molecule has 0 saturated carbocycles. The molecule has 78 valence electrons. The van der Waals surface area contributed by atoms with Crippen molar-refractivity contribution < 1.29 is 21.8 Å². The molecule has 0 aromatic heterocycles. The van der Waals surface area contributed by atoms with Gasteiger partial charge in [0.2, 0.25) is 0 Å². The Labute approximate surface area is 77.3 Å². The Balaban J connectivity index is 4.77. The zero-order chi connectivity index (χ0) is 10.9. The van der Waals surface area contributed by atoms with Crippen LogP contribution in [-0.4, -0.2) is 25.2 Å². The summed E-state index contributed by atoms with van der Waals surface area (Å²) in [5.74, 6) is -1.08. The molecule has 0 aromatic carbocycles. The Bertz CT molecular complexity index is 292. The standard InChI is InChI=1S/C7H13FO4S/c1-5(2)12-6(9)7(3,4)13(8,10)11/h5H,1-4H3. The Hall–Kier alpha value is -0.650. The minimum absolute atomic E-state index is 0.464. The van der Waals surface area contributed by atoms with Gasteiger partial charge in [-0.25, -0.2) is 0 Å². The Kier molecular flexibility index (Phi) is 3.43. The second-order valence-corrected chi connectivity index (χ2v) is 5.30. The van der Waals surface area contributed by atoms with Crippen molar-refractivity contribution in [3.63, 3.8) is 0 Å². The summed E-state index contributed by atoms with van der Waals surface area (Å²) in [4.78, 5) is 11.1. The van der Waals surface area contributed by atoms with Crippen LogP contribution in [0.2, 0.25) is 0 Å². The number of esters is 1. The van der Waals surface area contributed by atoms with Crippen LogP contribution in [0, 0.1) is 0 Å². The number of rotatable bonds is 3. The van der Waals surface area contributed by atoms with Gasteiger partial charge in [-0.3, -0.25) is 4.79 Å². The summed E-state index contributed by atoms with van der Waals surface area (Å²) in [6, 6.07) is 0. The highest BCUT2D eigenvalue weighted by molar-refractivity contribution is 7.88. The minimum Gasteiger partial charge on any atom is -0.462 e. The highest BCUT2D eigenvalue weighted by atomic mass is 32.3. The molecule has 4 nitrogen and oxygen atoms in total. The molecule has 13 heavy (non-hydrogen) atoms. The zero-order valence-electron chi connectivity index (χ0n) is 8.00. The molecule has 0 aliphatic carbocycles. The van der Waals surface area contributed by atoms with Gasteiger partial charge in [0, 0.05) is 0 Å². The van der Waals surface area contributed by atoms with Crippen LogP contribution < -0.4 is 0 Å². The van der Waals surface area contributed by atoms with Crippen molar-refractivity contribution in [2.75, 3.05) is 0 Å². The van der Waals surface area contributed by atoms with E-state index in [0.717, 1.165) is 13.8 Å². The first-order chi connectivity index (χ1) is 5.59. The van der Waals surface area contributed by atoms with E-state index >= 15 is 0 Å². The fraction of sp³-hybridized carbons (Fsp3) is 0.857. The first-order valence-corrected chi connectivity index (χ1v) is 5.12. The Morgan fingerprint density at radius 3 is 2.00 bits per heavy atom. The van der Waals surface area contributed by atoms with Crippen molar-refractivity contribution in [3.8, 4) is 0 Å². The highest BCUT2D eigenvalue weighted by Crippen LogP contribution is 2.20. The van der Waals surface area contributed by atoms with Crippen molar-refractivity contribution in [2.45, 2.75) is 38.5 Å². The molecule has 6 heteroatoms. The molecular formula is C7H13FO4S. The maximum atomic E-state index is 12.5. The Morgan fingerprint density at radius 1 is 1.38 bits per heavy atom. The van der Waals surface area contributed by atoms with Crippen LogP contribution in [0.5, 0.6) is 0 Å². The highest BCUT2D eigenvalue weighted by Gasteiger charge is 2.44. The lowest BCUT2D eigenvalue weighted by Gasteiger charge is -2.19. The van der Waals surface area contributed by atoms with E-state index in [4.69, 9.17) is 0 Å². The third kappa shape index (κ3) is 2.95. The molecule has 0 saturated heterocycles. The lowest BCUT2D eigenvalue weighted by Crippen LogP contribution is -2.40. The molecular weight excluding hydrogens is 199 g/mol. The average molecular weight is 212 g/mol. The monoisotopic (exact) mass is 212 g/mol. The molecule has 0 N–H and O–H groups in total. The van der Waals surface area contributed by atoms with Gasteiger partial charge in [-0.2, -0.15) is 8.42 Å². The van der Waals surface area contributed by atoms with Gasteiger partial charge in [0.25, 0.3) is 0 Å². The molecule has 0 heterocycles.